The van der Waals surface area contributed by atoms with Gasteiger partial charge in [-0.3, -0.25) is 0 Å². The van der Waals surface area contributed by atoms with Crippen molar-refractivity contribution >= 4 is 0 Å². The van der Waals surface area contributed by atoms with Gasteiger partial charge in [0.25, 0.3) is 0 Å². The normalized spacial score (nSPS) is 64.0. The van der Waals surface area contributed by atoms with Crippen LogP contribution in [0.1, 0.15) is 38.5 Å². The maximum absolute atomic E-state index is 6.23. The molecule has 0 N–H and O–H groups in total. The van der Waals surface area contributed by atoms with E-state index in [0.717, 1.165) is 38.5 Å². The van der Waals surface area contributed by atoms with Crippen molar-refractivity contribution in [3.63, 3.8) is 0 Å². The first-order valence-corrected chi connectivity index (χ1v) is 6.44. The first-order valence-electron chi connectivity index (χ1n) is 6.44. The van der Waals surface area contributed by atoms with Crippen molar-refractivity contribution in [3.05, 3.63) is 24.3 Å². The second-order valence-corrected chi connectivity index (χ2v) is 6.29. The number of epoxide rings is 2. The van der Waals surface area contributed by atoms with Crippen LogP contribution in [0.2, 0.25) is 0 Å². The topological polar surface area (TPSA) is 25.1 Å². The number of rotatable bonds is 0. The van der Waals surface area contributed by atoms with Crippen molar-refractivity contribution in [2.45, 2.75) is 60.9 Å². The lowest BCUT2D eigenvalue weighted by molar-refractivity contribution is 0.181. The fourth-order valence-electron chi connectivity index (χ4n) is 4.70. The van der Waals surface area contributed by atoms with Gasteiger partial charge in [0.05, 0.1) is 0 Å². The minimum Gasteiger partial charge on any atom is -0.362 e. The Balaban J connectivity index is 1.61. The monoisotopic (exact) mass is 216 g/mol. The van der Waals surface area contributed by atoms with Gasteiger partial charge in [-0.05, 0) is 25.7 Å². The van der Waals surface area contributed by atoms with Crippen LogP contribution >= 0.6 is 0 Å². The molecule has 84 valence electrons. The smallest absolute Gasteiger partial charge is 0.105 e. The maximum Gasteiger partial charge on any atom is 0.105 e. The van der Waals surface area contributed by atoms with Gasteiger partial charge in [0, 0.05) is 12.8 Å². The van der Waals surface area contributed by atoms with Crippen LogP contribution in [-0.2, 0) is 9.47 Å². The second kappa shape index (κ2) is 2.06. The van der Waals surface area contributed by atoms with Crippen molar-refractivity contribution in [2.24, 2.45) is 0 Å². The average molecular weight is 216 g/mol. The molecule has 3 aliphatic carbocycles. The quantitative estimate of drug-likeness (QED) is 0.459. The molecule has 2 nitrogen and oxygen atoms in total. The van der Waals surface area contributed by atoms with Crippen molar-refractivity contribution in [1.29, 1.82) is 0 Å². The van der Waals surface area contributed by atoms with E-state index in [1.165, 1.54) is 0 Å². The van der Waals surface area contributed by atoms with Crippen LogP contribution in [0, 0.1) is 0 Å². The van der Waals surface area contributed by atoms with E-state index in [2.05, 4.69) is 24.3 Å². The van der Waals surface area contributed by atoms with Crippen LogP contribution in [0.25, 0.3) is 0 Å². The summed E-state index contributed by atoms with van der Waals surface area (Å²) in [6.07, 6.45) is 15.9. The first kappa shape index (κ1) is 8.48. The molecule has 5 aliphatic rings. The Hall–Kier alpha value is -0.600. The van der Waals surface area contributed by atoms with Crippen LogP contribution in [0.5, 0.6) is 0 Å². The molecule has 2 aliphatic heterocycles. The molecule has 0 spiro atoms. The van der Waals surface area contributed by atoms with Crippen LogP contribution in [0.4, 0.5) is 0 Å². The third-order valence-corrected chi connectivity index (χ3v) is 5.62. The van der Waals surface area contributed by atoms with Crippen molar-refractivity contribution in [1.82, 2.24) is 0 Å². The second-order valence-electron chi connectivity index (χ2n) is 6.29. The maximum atomic E-state index is 6.23. The summed E-state index contributed by atoms with van der Waals surface area (Å²) < 4.78 is 12.5. The summed E-state index contributed by atoms with van der Waals surface area (Å²) in [5, 5.41) is 0. The Bertz CT molecular complexity index is 376. The third kappa shape index (κ3) is 0.671. The molecule has 0 aromatic carbocycles. The minimum absolute atomic E-state index is 0.160. The first-order chi connectivity index (χ1) is 7.74. The summed E-state index contributed by atoms with van der Waals surface area (Å²) in [5.41, 5.74) is 0.639. The fraction of sp³-hybridized carbons (Fsp3) is 0.714. The van der Waals surface area contributed by atoms with E-state index in [1.807, 2.05) is 0 Å². The van der Waals surface area contributed by atoms with Gasteiger partial charge in [-0.2, -0.15) is 0 Å². The van der Waals surface area contributed by atoms with E-state index >= 15 is 0 Å². The van der Waals surface area contributed by atoms with Gasteiger partial charge in [-0.25, -0.2) is 0 Å². The van der Waals surface area contributed by atoms with Crippen LogP contribution in [0.15, 0.2) is 24.3 Å². The molecule has 2 heterocycles. The predicted molar refractivity (Wildman–Crippen MR) is 59.1 cm³/mol. The van der Waals surface area contributed by atoms with Gasteiger partial charge in [0.15, 0.2) is 0 Å². The van der Waals surface area contributed by atoms with Gasteiger partial charge in [0.2, 0.25) is 0 Å². The Morgan fingerprint density at radius 3 is 1.19 bits per heavy atom. The highest BCUT2D eigenvalue weighted by molar-refractivity contribution is 5.39. The summed E-state index contributed by atoms with van der Waals surface area (Å²) in [7, 11) is 0. The molecule has 5 rings (SSSR count). The van der Waals surface area contributed by atoms with Gasteiger partial charge in [-0.15, -0.1) is 0 Å². The van der Waals surface area contributed by atoms with Gasteiger partial charge < -0.3 is 9.47 Å². The highest BCUT2D eigenvalue weighted by Crippen LogP contribution is 2.76. The van der Waals surface area contributed by atoms with E-state index in [1.54, 1.807) is 0 Å². The lowest BCUT2D eigenvalue weighted by atomic mass is 9.62. The summed E-state index contributed by atoms with van der Waals surface area (Å²) >= 11 is 0. The highest BCUT2D eigenvalue weighted by atomic mass is 16.7. The molecule has 0 radical (unpaired) electrons. The summed E-state index contributed by atoms with van der Waals surface area (Å²) in [5.74, 6) is 0. The molecule has 4 atom stereocenters. The molecule has 0 amide bonds. The minimum atomic E-state index is 0.160. The molecular formula is C14H16O2. The molecular weight excluding hydrogens is 200 g/mol. The Kier molecular flexibility index (Phi) is 1.09. The molecule has 2 heteroatoms. The number of ether oxygens (including phenoxy) is 2. The van der Waals surface area contributed by atoms with E-state index in [4.69, 9.17) is 9.47 Å². The van der Waals surface area contributed by atoms with Crippen molar-refractivity contribution < 1.29 is 9.47 Å². The standard InChI is InChI=1S/C14H16O2/c1-2-6-12-10-14-8-4-3-7-13(14,16-14)9-11(12,5-1)15-12/h1-4H,5-10H2. The SMILES string of the molecule is C1=CCC23CC45CC=CCC4(CC2(C1)O3)O5. The van der Waals surface area contributed by atoms with Crippen molar-refractivity contribution in [3.8, 4) is 0 Å². The lowest BCUT2D eigenvalue weighted by Gasteiger charge is -2.34. The summed E-state index contributed by atoms with van der Waals surface area (Å²) in [6, 6.07) is 0. The highest BCUT2D eigenvalue weighted by Gasteiger charge is 2.86. The molecule has 0 bridgehead atoms. The zero-order chi connectivity index (χ0) is 10.5. The Morgan fingerprint density at radius 2 is 0.875 bits per heavy atom. The average Bonchev–Trinajstić information content (AvgIpc) is 3.09. The third-order valence-electron chi connectivity index (χ3n) is 5.62. The largest absolute Gasteiger partial charge is 0.362 e. The Morgan fingerprint density at radius 1 is 0.562 bits per heavy atom. The van der Waals surface area contributed by atoms with Crippen LogP contribution < -0.4 is 0 Å². The lowest BCUT2D eigenvalue weighted by Crippen LogP contribution is -2.45. The van der Waals surface area contributed by atoms with Gasteiger partial charge >= 0.3 is 0 Å². The summed E-state index contributed by atoms with van der Waals surface area (Å²) in [6.45, 7) is 0. The zero-order valence-corrected chi connectivity index (χ0v) is 9.37. The molecule has 0 aromatic rings. The van der Waals surface area contributed by atoms with E-state index in [-0.39, 0.29) is 22.4 Å². The van der Waals surface area contributed by atoms with Crippen LogP contribution in [-0.4, -0.2) is 22.4 Å². The van der Waals surface area contributed by atoms with E-state index < -0.39 is 0 Å². The molecule has 0 aromatic heterocycles. The zero-order valence-electron chi connectivity index (χ0n) is 9.37. The molecule has 2 saturated heterocycles. The van der Waals surface area contributed by atoms with Gasteiger partial charge in [0.1, 0.15) is 22.4 Å². The fourth-order valence-corrected chi connectivity index (χ4v) is 4.70. The molecule has 3 fully saturated rings. The van der Waals surface area contributed by atoms with Gasteiger partial charge in [-0.1, -0.05) is 24.3 Å². The van der Waals surface area contributed by atoms with E-state index in [0.29, 0.717) is 0 Å². The molecule has 1 saturated carbocycles. The number of hydrogen-bond donors (Lipinski definition) is 0. The Labute approximate surface area is 95.3 Å². The summed E-state index contributed by atoms with van der Waals surface area (Å²) in [4.78, 5) is 0. The molecule has 16 heavy (non-hydrogen) atoms. The predicted octanol–water partition coefficient (Wildman–Crippen LogP) is 2.50. The molecule has 4 unspecified atom stereocenters. The van der Waals surface area contributed by atoms with Crippen LogP contribution in [0.3, 0.4) is 0 Å². The van der Waals surface area contributed by atoms with E-state index in [9.17, 15) is 0 Å². The number of hydrogen-bond acceptors (Lipinski definition) is 2. The van der Waals surface area contributed by atoms with Crippen molar-refractivity contribution in [2.75, 3.05) is 0 Å².